The van der Waals surface area contributed by atoms with Crippen molar-refractivity contribution in [1.29, 1.82) is 0 Å². The minimum atomic E-state index is -1.89. The van der Waals surface area contributed by atoms with E-state index in [1.54, 1.807) is 0 Å². The lowest BCUT2D eigenvalue weighted by atomic mass is 10.0. The Balaban J connectivity index is 1.71. The molecule has 0 aliphatic rings. The summed E-state index contributed by atoms with van der Waals surface area (Å²) in [6.45, 7) is 0. The normalized spacial score (nSPS) is 11.2. The Morgan fingerprint density at radius 1 is 0.375 bits per heavy atom. The molecule has 0 bridgehead atoms. The molecule has 0 aliphatic carbocycles. The molecule has 0 atom stereocenters. The van der Waals surface area contributed by atoms with E-state index in [0.29, 0.717) is 0 Å². The van der Waals surface area contributed by atoms with Crippen molar-refractivity contribution in [2.75, 3.05) is 0 Å². The topological polar surface area (TPSA) is 0 Å². The van der Waals surface area contributed by atoms with Crippen LogP contribution in [0, 0.1) is 0 Å². The van der Waals surface area contributed by atoms with Gasteiger partial charge in [-0.15, -0.1) is 0 Å². The van der Waals surface area contributed by atoms with E-state index >= 15 is 0 Å². The van der Waals surface area contributed by atoms with E-state index < -0.39 is 7.26 Å². The first kappa shape index (κ1) is 20.4. The summed E-state index contributed by atoms with van der Waals surface area (Å²) in [5, 5.41) is 4.26. The Kier molecular flexibility index (Phi) is 5.97. The molecule has 0 saturated carbocycles. The van der Waals surface area contributed by atoms with Crippen molar-refractivity contribution in [1.82, 2.24) is 0 Å². The van der Waals surface area contributed by atoms with Gasteiger partial charge < -0.3 is 0 Å². The van der Waals surface area contributed by atoms with Gasteiger partial charge in [0.25, 0.3) is 0 Å². The number of hydrogen-bond donors (Lipinski definition) is 0. The van der Waals surface area contributed by atoms with Gasteiger partial charge in [0.15, 0.2) is 0 Å². The molecule has 5 rings (SSSR count). The standard InChI is InChI=1S/C31H26P/c1-5-15-27(16-6-1)28-17-13-14-26(24-28)25-32(29-18-7-2-8-19-29,30-20-9-3-10-21-30)31-22-11-4-12-23-31/h1-24H,25H2/q+1. The summed E-state index contributed by atoms with van der Waals surface area (Å²) in [6, 6.07) is 53.0. The highest BCUT2D eigenvalue weighted by Gasteiger charge is 2.45. The third-order valence-corrected chi connectivity index (χ3v) is 10.4. The molecule has 5 aromatic rings. The lowest BCUT2D eigenvalue weighted by Gasteiger charge is -2.28. The second-order valence-corrected chi connectivity index (χ2v) is 11.5. The first-order chi connectivity index (χ1) is 15.9. The first-order valence-corrected chi connectivity index (χ1v) is 13.0. The first-order valence-electron chi connectivity index (χ1n) is 11.1. The minimum Gasteiger partial charge on any atom is -0.0622 e. The molecule has 0 saturated heterocycles. The SMILES string of the molecule is c1ccc(-c2cccc(C[P+](c3ccccc3)(c3ccccc3)c3ccccc3)c2)cc1. The monoisotopic (exact) mass is 429 g/mol. The van der Waals surface area contributed by atoms with Gasteiger partial charge in [-0.1, -0.05) is 103 Å². The van der Waals surface area contributed by atoms with Gasteiger partial charge in [-0.3, -0.25) is 0 Å². The van der Waals surface area contributed by atoms with Crippen molar-refractivity contribution in [3.63, 3.8) is 0 Å². The third-order valence-electron chi connectivity index (χ3n) is 6.04. The van der Waals surface area contributed by atoms with Gasteiger partial charge in [0.1, 0.15) is 23.2 Å². The molecule has 5 aromatic carbocycles. The van der Waals surface area contributed by atoms with Gasteiger partial charge in [-0.25, -0.2) is 0 Å². The van der Waals surface area contributed by atoms with Crippen LogP contribution >= 0.6 is 7.26 Å². The lowest BCUT2D eigenvalue weighted by Crippen LogP contribution is -2.32. The summed E-state index contributed by atoms with van der Waals surface area (Å²) in [5.41, 5.74) is 3.91. The van der Waals surface area contributed by atoms with Gasteiger partial charge in [-0.05, 0) is 59.2 Å². The average Bonchev–Trinajstić information content (AvgIpc) is 2.89. The van der Waals surface area contributed by atoms with Crippen LogP contribution in [0.4, 0.5) is 0 Å². The summed E-state index contributed by atoms with van der Waals surface area (Å²) >= 11 is 0. The van der Waals surface area contributed by atoms with Crippen molar-refractivity contribution >= 4 is 23.2 Å². The molecule has 0 heterocycles. The second kappa shape index (κ2) is 9.35. The Labute approximate surface area is 191 Å². The van der Waals surface area contributed by atoms with Crippen LogP contribution in [0.15, 0.2) is 146 Å². The van der Waals surface area contributed by atoms with Crippen LogP contribution in [-0.2, 0) is 6.16 Å². The highest BCUT2D eigenvalue weighted by atomic mass is 31.2. The van der Waals surface area contributed by atoms with Gasteiger partial charge in [0.05, 0.1) is 6.16 Å². The van der Waals surface area contributed by atoms with Crippen LogP contribution in [0.2, 0.25) is 0 Å². The van der Waals surface area contributed by atoms with Gasteiger partial charge in [0.2, 0.25) is 0 Å². The lowest BCUT2D eigenvalue weighted by molar-refractivity contribution is 1.39. The molecule has 0 aromatic heterocycles. The van der Waals surface area contributed by atoms with E-state index in [4.69, 9.17) is 0 Å². The van der Waals surface area contributed by atoms with Gasteiger partial charge in [0, 0.05) is 0 Å². The average molecular weight is 430 g/mol. The fraction of sp³-hybridized carbons (Fsp3) is 0.0323. The van der Waals surface area contributed by atoms with Crippen molar-refractivity contribution < 1.29 is 0 Å². The zero-order chi connectivity index (χ0) is 21.6. The van der Waals surface area contributed by atoms with E-state index in [0.717, 1.165) is 6.16 Å². The van der Waals surface area contributed by atoms with E-state index in [9.17, 15) is 0 Å². The molecule has 0 aliphatic heterocycles. The summed E-state index contributed by atoms with van der Waals surface area (Å²) in [4.78, 5) is 0. The maximum absolute atomic E-state index is 2.37. The zero-order valence-corrected chi connectivity index (χ0v) is 18.9. The van der Waals surface area contributed by atoms with Crippen LogP contribution in [0.25, 0.3) is 11.1 Å². The molecule has 1 heteroatoms. The minimum absolute atomic E-state index is 0.992. The molecular weight excluding hydrogens is 403 g/mol. The molecular formula is C31H26P+. The van der Waals surface area contributed by atoms with Crippen molar-refractivity contribution in [3.05, 3.63) is 151 Å². The molecule has 0 fully saturated rings. The van der Waals surface area contributed by atoms with Crippen LogP contribution in [-0.4, -0.2) is 0 Å². The van der Waals surface area contributed by atoms with Crippen LogP contribution in [0.3, 0.4) is 0 Å². The Morgan fingerprint density at radius 2 is 0.781 bits per heavy atom. The van der Waals surface area contributed by atoms with Crippen molar-refractivity contribution in [2.24, 2.45) is 0 Å². The maximum atomic E-state index is 2.37. The Bertz CT molecular complexity index is 1170. The highest BCUT2D eigenvalue weighted by molar-refractivity contribution is 7.95. The maximum Gasteiger partial charge on any atom is 0.116 e. The largest absolute Gasteiger partial charge is 0.116 e. The van der Waals surface area contributed by atoms with Crippen LogP contribution < -0.4 is 15.9 Å². The Hall–Kier alpha value is -3.47. The predicted molar refractivity (Wildman–Crippen MR) is 141 cm³/mol. The molecule has 0 spiro atoms. The number of hydrogen-bond acceptors (Lipinski definition) is 0. The van der Waals surface area contributed by atoms with E-state index in [-0.39, 0.29) is 0 Å². The van der Waals surface area contributed by atoms with Crippen LogP contribution in [0.1, 0.15) is 5.56 Å². The molecule has 0 nitrogen and oxygen atoms in total. The third kappa shape index (κ3) is 4.03. The molecule has 0 radical (unpaired) electrons. The van der Waals surface area contributed by atoms with E-state index in [1.165, 1.54) is 32.6 Å². The van der Waals surface area contributed by atoms with Gasteiger partial charge >= 0.3 is 0 Å². The Morgan fingerprint density at radius 3 is 1.25 bits per heavy atom. The smallest absolute Gasteiger partial charge is 0.0622 e. The number of rotatable bonds is 6. The highest BCUT2D eigenvalue weighted by Crippen LogP contribution is 2.58. The predicted octanol–water partition coefficient (Wildman–Crippen LogP) is 6.85. The second-order valence-electron chi connectivity index (χ2n) is 8.04. The summed E-state index contributed by atoms with van der Waals surface area (Å²) in [7, 11) is -1.89. The summed E-state index contributed by atoms with van der Waals surface area (Å²) < 4.78 is 0. The van der Waals surface area contributed by atoms with Gasteiger partial charge in [-0.2, -0.15) is 0 Å². The number of benzene rings is 5. The fourth-order valence-corrected chi connectivity index (χ4v) is 8.75. The van der Waals surface area contributed by atoms with Crippen molar-refractivity contribution in [3.8, 4) is 11.1 Å². The quantitative estimate of drug-likeness (QED) is 0.259. The zero-order valence-electron chi connectivity index (χ0n) is 18.0. The molecule has 32 heavy (non-hydrogen) atoms. The molecule has 0 unspecified atom stereocenters. The molecule has 154 valence electrons. The van der Waals surface area contributed by atoms with Crippen LogP contribution in [0.5, 0.6) is 0 Å². The summed E-state index contributed by atoms with van der Waals surface area (Å²) in [5.74, 6) is 0. The van der Waals surface area contributed by atoms with E-state index in [2.05, 4.69) is 146 Å². The fourth-order valence-electron chi connectivity index (χ4n) is 4.52. The van der Waals surface area contributed by atoms with Crippen molar-refractivity contribution in [2.45, 2.75) is 6.16 Å². The molecule has 0 amide bonds. The summed E-state index contributed by atoms with van der Waals surface area (Å²) in [6.07, 6.45) is 0.992. The van der Waals surface area contributed by atoms with E-state index in [1.807, 2.05) is 0 Å². The molecule has 0 N–H and O–H groups in total.